The van der Waals surface area contributed by atoms with Crippen molar-refractivity contribution in [2.45, 2.75) is 146 Å². The summed E-state index contributed by atoms with van der Waals surface area (Å²) in [5.74, 6) is -15.0. The van der Waals surface area contributed by atoms with E-state index >= 15 is 0 Å². The minimum Gasteiger partial charge on any atom is -0.508 e. The number of hydrogen-bond donors (Lipinski definition) is 14. The number of nitrogens with zero attached hydrogens (tertiary/aromatic N) is 1. The lowest BCUT2D eigenvalue weighted by atomic mass is 9.96. The normalized spacial score (nSPS) is 16.1. The summed E-state index contributed by atoms with van der Waals surface area (Å²) in [6.45, 7) is 3.11. The highest BCUT2D eigenvalue weighted by Crippen LogP contribution is 2.22. The number of nitrogens with one attached hydrogen (secondary N) is 6. The number of likely N-dealkylation sites (tertiary alicyclic amines) is 1. The summed E-state index contributed by atoms with van der Waals surface area (Å²) in [6, 6.07) is -1.58. The number of aliphatic carboxylic acids is 5. The second-order valence-corrected chi connectivity index (χ2v) is 18.3. The molecule has 27 heteroatoms. The number of carbonyl (C=O) groups excluding carboxylic acids is 7. The van der Waals surface area contributed by atoms with Gasteiger partial charge < -0.3 is 78.3 Å². The van der Waals surface area contributed by atoms with E-state index in [9.17, 15) is 88.2 Å². The molecule has 0 unspecified atom stereocenters. The molecule has 3 rings (SSSR count). The Kier molecular flexibility index (Phi) is 24.5. The maximum absolute atomic E-state index is 14.4. The summed E-state index contributed by atoms with van der Waals surface area (Å²) in [4.78, 5) is 157. The number of hydrogen-bond acceptors (Lipinski definition) is 15. The predicted octanol–water partition coefficient (Wildman–Crippen LogP) is -1.30. The van der Waals surface area contributed by atoms with Gasteiger partial charge in [-0.25, -0.2) is 4.79 Å². The molecule has 27 nitrogen and oxygen atoms in total. The molecule has 0 aliphatic carbocycles. The molecule has 0 aromatic heterocycles. The Morgan fingerprint density at radius 2 is 0.947 bits per heavy atom. The smallest absolute Gasteiger partial charge is 0.326 e. The van der Waals surface area contributed by atoms with E-state index in [2.05, 4.69) is 31.9 Å². The fraction of sp³-hybridized carbons (Fsp3) is 0.510. The van der Waals surface area contributed by atoms with Gasteiger partial charge in [0.05, 0.1) is 6.04 Å². The molecule has 0 saturated carbocycles. The molecule has 2 aromatic carbocycles. The molecule has 1 heterocycles. The maximum Gasteiger partial charge on any atom is 0.326 e. The van der Waals surface area contributed by atoms with Gasteiger partial charge in [0.1, 0.15) is 53.8 Å². The molecule has 0 radical (unpaired) electrons. The van der Waals surface area contributed by atoms with Gasteiger partial charge in [-0.2, -0.15) is 0 Å². The Labute approximate surface area is 435 Å². The van der Waals surface area contributed by atoms with Crippen molar-refractivity contribution in [3.05, 3.63) is 59.7 Å². The zero-order chi connectivity index (χ0) is 56.8. The Bertz CT molecular complexity index is 2420. The molecule has 1 aliphatic rings. The molecule has 1 fully saturated rings. The Balaban J connectivity index is 1.94. The zero-order valence-corrected chi connectivity index (χ0v) is 41.8. The van der Waals surface area contributed by atoms with Crippen LogP contribution in [0.2, 0.25) is 0 Å². The standard InChI is InChI=1S/C49H66N8O19/c1-3-25(2)41(56-44(70)32(16-20-39(64)65)51-42(68)30(50)14-18-37(60)61)47(73)54-34(23-26-6-10-28(58)11-7-26)45(71)52-31(15-19-38(62)63)43(69)53-33(17-21-40(66)67)48(74)57-22-4-5-36(57)46(72)55-35(49(75)76)24-27-8-12-29(59)13-9-27/h6-13,25,30-36,41,58-59H,3-5,14-24,50H2,1-2H3,(H,51,68)(H,52,71)(H,53,69)(H,54,73)(H,55,72)(H,56,70)(H,60,61)(H,62,63)(H,64,65)(H,66,67)(H,75,76)/t25-,30-,31-,32-,33-,34-,35-,36-,41-/m0/s1. The van der Waals surface area contributed by atoms with Crippen molar-refractivity contribution < 1.29 is 93.3 Å². The van der Waals surface area contributed by atoms with Crippen LogP contribution in [0.4, 0.5) is 0 Å². The summed E-state index contributed by atoms with van der Waals surface area (Å²) in [5.41, 5.74) is 6.58. The molecule has 1 saturated heterocycles. The van der Waals surface area contributed by atoms with Gasteiger partial charge in [0.15, 0.2) is 0 Å². The van der Waals surface area contributed by atoms with Gasteiger partial charge in [-0.15, -0.1) is 0 Å². The van der Waals surface area contributed by atoms with E-state index in [-0.39, 0.29) is 56.6 Å². The Morgan fingerprint density at radius 3 is 1.42 bits per heavy atom. The van der Waals surface area contributed by atoms with Gasteiger partial charge >= 0.3 is 29.8 Å². The molecule has 7 amide bonds. The molecule has 416 valence electrons. The number of carboxylic acids is 5. The van der Waals surface area contributed by atoms with Crippen LogP contribution < -0.4 is 37.6 Å². The van der Waals surface area contributed by atoms with E-state index in [1.807, 2.05) is 0 Å². The molecule has 9 atom stereocenters. The molecule has 76 heavy (non-hydrogen) atoms. The molecule has 1 aliphatic heterocycles. The van der Waals surface area contributed by atoms with Crippen LogP contribution in [0.15, 0.2) is 48.5 Å². The number of amides is 7. The van der Waals surface area contributed by atoms with Crippen LogP contribution in [-0.2, 0) is 70.4 Å². The van der Waals surface area contributed by atoms with Gasteiger partial charge in [-0.3, -0.25) is 52.7 Å². The largest absolute Gasteiger partial charge is 0.508 e. The van der Waals surface area contributed by atoms with E-state index < -0.39 is 170 Å². The summed E-state index contributed by atoms with van der Waals surface area (Å²) < 4.78 is 0. The van der Waals surface area contributed by atoms with Crippen molar-refractivity contribution in [3.63, 3.8) is 0 Å². The lowest BCUT2D eigenvalue weighted by Gasteiger charge is -2.31. The summed E-state index contributed by atoms with van der Waals surface area (Å²) in [5, 5.41) is 81.5. The predicted molar refractivity (Wildman–Crippen MR) is 262 cm³/mol. The zero-order valence-electron chi connectivity index (χ0n) is 41.8. The first-order chi connectivity index (χ1) is 35.8. The van der Waals surface area contributed by atoms with Crippen LogP contribution in [-0.4, -0.2) is 167 Å². The Morgan fingerprint density at radius 1 is 0.539 bits per heavy atom. The third kappa shape index (κ3) is 20.5. The highest BCUT2D eigenvalue weighted by molar-refractivity contribution is 5.98. The number of carboxylic acid groups (broad SMARTS) is 5. The number of nitrogens with two attached hydrogens (primary N) is 1. The van der Waals surface area contributed by atoms with E-state index in [0.29, 0.717) is 11.1 Å². The quantitative estimate of drug-likeness (QED) is 0.0405. The average molecular weight is 1070 g/mol. The SMILES string of the molecule is CC[C@H](C)[C@H](NC(=O)[C@H](CCC(=O)O)NC(=O)[C@@H](N)CCC(=O)O)C(=O)N[C@@H](Cc1ccc(O)cc1)C(=O)N[C@@H](CCC(=O)O)C(=O)N[C@@H](CCC(=O)O)C(=O)N1CCC[C@H]1C(=O)N[C@@H](Cc1ccc(O)cc1)C(=O)O. The van der Waals surface area contributed by atoms with Gasteiger partial charge in [-0.1, -0.05) is 44.5 Å². The van der Waals surface area contributed by atoms with Gasteiger partial charge in [0, 0.05) is 45.1 Å². The number of rotatable bonds is 32. The van der Waals surface area contributed by atoms with Crippen LogP contribution in [0, 0.1) is 5.92 Å². The number of phenolic OH excluding ortho intramolecular Hbond substituents is 2. The minimum atomic E-state index is -1.80. The van der Waals surface area contributed by atoms with E-state index in [1.165, 1.54) is 48.5 Å². The second-order valence-electron chi connectivity index (χ2n) is 18.3. The highest BCUT2D eigenvalue weighted by atomic mass is 16.4. The lowest BCUT2D eigenvalue weighted by molar-refractivity contribution is -0.145. The molecular formula is C49H66N8O19. The molecule has 2 aromatic rings. The number of benzene rings is 2. The number of carbonyl (C=O) groups is 12. The monoisotopic (exact) mass is 1070 g/mol. The Hall–Kier alpha value is -8.36. The summed E-state index contributed by atoms with van der Waals surface area (Å²) >= 11 is 0. The van der Waals surface area contributed by atoms with Crippen LogP contribution in [0.3, 0.4) is 0 Å². The van der Waals surface area contributed by atoms with Crippen molar-refractivity contribution in [3.8, 4) is 11.5 Å². The van der Waals surface area contributed by atoms with Crippen LogP contribution in [0.5, 0.6) is 11.5 Å². The maximum atomic E-state index is 14.4. The van der Waals surface area contributed by atoms with Crippen molar-refractivity contribution in [1.82, 2.24) is 36.8 Å². The molecule has 0 spiro atoms. The van der Waals surface area contributed by atoms with E-state index in [0.717, 1.165) is 4.90 Å². The summed E-state index contributed by atoms with van der Waals surface area (Å²) in [6.07, 6.45) is -4.70. The van der Waals surface area contributed by atoms with E-state index in [4.69, 9.17) is 10.8 Å². The lowest BCUT2D eigenvalue weighted by Crippen LogP contribution is -2.61. The van der Waals surface area contributed by atoms with Crippen molar-refractivity contribution >= 4 is 71.2 Å². The second kappa shape index (κ2) is 30.1. The molecule has 0 bridgehead atoms. The topological polar surface area (TPSA) is 448 Å². The minimum absolute atomic E-state index is 0.0441. The molecular weight excluding hydrogens is 1000 g/mol. The number of phenols is 2. The highest BCUT2D eigenvalue weighted by Gasteiger charge is 2.40. The first kappa shape index (κ1) is 61.9. The van der Waals surface area contributed by atoms with Crippen LogP contribution in [0.25, 0.3) is 0 Å². The van der Waals surface area contributed by atoms with Crippen LogP contribution >= 0.6 is 0 Å². The number of aromatic hydroxyl groups is 2. The average Bonchev–Trinajstić information content (AvgIpc) is 3.86. The van der Waals surface area contributed by atoms with Crippen molar-refractivity contribution in [2.24, 2.45) is 11.7 Å². The van der Waals surface area contributed by atoms with Gasteiger partial charge in [0.25, 0.3) is 0 Å². The van der Waals surface area contributed by atoms with Crippen molar-refractivity contribution in [1.29, 1.82) is 0 Å². The third-order valence-corrected chi connectivity index (χ3v) is 12.5. The van der Waals surface area contributed by atoms with Crippen molar-refractivity contribution in [2.75, 3.05) is 6.54 Å². The fourth-order valence-corrected chi connectivity index (χ4v) is 7.97. The third-order valence-electron chi connectivity index (χ3n) is 12.5. The first-order valence-electron chi connectivity index (χ1n) is 24.3. The van der Waals surface area contributed by atoms with Gasteiger partial charge in [0.2, 0.25) is 41.4 Å². The van der Waals surface area contributed by atoms with Gasteiger partial charge in [-0.05, 0) is 79.8 Å². The van der Waals surface area contributed by atoms with Crippen LogP contribution in [0.1, 0.15) is 95.6 Å². The summed E-state index contributed by atoms with van der Waals surface area (Å²) in [7, 11) is 0. The fourth-order valence-electron chi connectivity index (χ4n) is 7.97. The van der Waals surface area contributed by atoms with E-state index in [1.54, 1.807) is 13.8 Å². The first-order valence-corrected chi connectivity index (χ1v) is 24.3. The molecule has 15 N–H and O–H groups in total.